The molecule has 18 heavy (non-hydrogen) atoms. The number of para-hydroxylation sites is 1. The van der Waals surface area contributed by atoms with E-state index in [9.17, 15) is 5.11 Å². The molecule has 0 saturated heterocycles. The fraction of sp³-hybridized carbons (Fsp3) is 0.600. The van der Waals surface area contributed by atoms with E-state index in [1.54, 1.807) is 0 Å². The molecule has 3 rings (SSSR count). The van der Waals surface area contributed by atoms with Gasteiger partial charge in [-0.1, -0.05) is 18.2 Å². The Bertz CT molecular complexity index is 421. The zero-order valence-corrected chi connectivity index (χ0v) is 10.8. The third kappa shape index (κ3) is 2.13. The summed E-state index contributed by atoms with van der Waals surface area (Å²) in [5.41, 5.74) is 4.10. The van der Waals surface area contributed by atoms with Crippen LogP contribution in [0.1, 0.15) is 36.8 Å². The van der Waals surface area contributed by atoms with E-state index in [2.05, 4.69) is 28.8 Å². The first-order chi connectivity index (χ1) is 8.83. The Morgan fingerprint density at radius 2 is 2.17 bits per heavy atom. The second-order valence-corrected chi connectivity index (χ2v) is 5.63. The third-order valence-electron chi connectivity index (χ3n) is 4.43. The molecule has 2 aliphatic rings. The van der Waals surface area contributed by atoms with Gasteiger partial charge < -0.3 is 15.7 Å². The Morgan fingerprint density at radius 3 is 2.89 bits per heavy atom. The summed E-state index contributed by atoms with van der Waals surface area (Å²) < 4.78 is 0. The van der Waals surface area contributed by atoms with Gasteiger partial charge in [-0.3, -0.25) is 0 Å². The van der Waals surface area contributed by atoms with E-state index < -0.39 is 0 Å². The molecule has 98 valence electrons. The zero-order chi connectivity index (χ0) is 12.4. The molecule has 3 heteroatoms. The minimum Gasteiger partial charge on any atom is -0.394 e. The highest BCUT2D eigenvalue weighted by Crippen LogP contribution is 2.32. The summed E-state index contributed by atoms with van der Waals surface area (Å²) in [6.45, 7) is 2.20. The van der Waals surface area contributed by atoms with E-state index in [-0.39, 0.29) is 12.1 Å². The molecule has 1 aliphatic carbocycles. The maximum Gasteiger partial charge on any atom is 0.0613 e. The average Bonchev–Trinajstić information content (AvgIpc) is 2.38. The lowest BCUT2D eigenvalue weighted by molar-refractivity contribution is 0.0872. The summed E-state index contributed by atoms with van der Waals surface area (Å²) in [6, 6.07) is 6.55. The van der Waals surface area contributed by atoms with Gasteiger partial charge in [0, 0.05) is 24.3 Å². The Labute approximate surface area is 109 Å². The number of fused-ring (bicyclic) bond motifs is 1. The first-order valence-electron chi connectivity index (χ1n) is 7.04. The first kappa shape index (κ1) is 12.0. The fourth-order valence-corrected chi connectivity index (χ4v) is 3.01. The lowest BCUT2D eigenvalue weighted by Gasteiger charge is -2.41. The molecule has 0 amide bonds. The van der Waals surface area contributed by atoms with Gasteiger partial charge in [0.1, 0.15) is 0 Å². The molecule has 0 radical (unpaired) electrons. The summed E-state index contributed by atoms with van der Waals surface area (Å²) in [5.74, 6) is 0. The molecule has 0 bridgehead atoms. The van der Waals surface area contributed by atoms with Gasteiger partial charge in [0.25, 0.3) is 0 Å². The normalized spacial score (nSPS) is 20.7. The molecule has 1 aliphatic heterocycles. The zero-order valence-electron chi connectivity index (χ0n) is 10.8. The third-order valence-corrected chi connectivity index (χ3v) is 4.43. The predicted octanol–water partition coefficient (Wildman–Crippen LogP) is 2.05. The van der Waals surface area contributed by atoms with Gasteiger partial charge in [-0.15, -0.1) is 0 Å². The average molecular weight is 246 g/mol. The molecule has 0 aromatic heterocycles. The molecule has 1 fully saturated rings. The summed E-state index contributed by atoms with van der Waals surface area (Å²) >= 11 is 0. The van der Waals surface area contributed by atoms with Gasteiger partial charge >= 0.3 is 0 Å². The molecule has 1 saturated carbocycles. The van der Waals surface area contributed by atoms with Gasteiger partial charge in [-0.25, -0.2) is 0 Å². The summed E-state index contributed by atoms with van der Waals surface area (Å²) in [5, 5.41) is 16.6. The van der Waals surface area contributed by atoms with Crippen molar-refractivity contribution in [2.24, 2.45) is 0 Å². The summed E-state index contributed by atoms with van der Waals surface area (Å²) in [7, 11) is 0. The highest BCUT2D eigenvalue weighted by molar-refractivity contribution is 5.59. The number of hydrogen-bond donors (Lipinski definition) is 3. The molecule has 1 aromatic carbocycles. The molecule has 0 atom stereocenters. The van der Waals surface area contributed by atoms with Crippen LogP contribution in [-0.2, 0) is 13.0 Å². The smallest absolute Gasteiger partial charge is 0.0613 e. The van der Waals surface area contributed by atoms with Gasteiger partial charge in [-0.05, 0) is 43.2 Å². The lowest BCUT2D eigenvalue weighted by atomic mass is 9.77. The summed E-state index contributed by atoms with van der Waals surface area (Å²) in [6.07, 6.45) is 5.85. The number of aryl methyl sites for hydroxylation is 1. The minimum atomic E-state index is -0.00259. The van der Waals surface area contributed by atoms with Crippen molar-refractivity contribution in [3.8, 4) is 0 Å². The second kappa shape index (κ2) is 4.90. The molecule has 1 heterocycles. The van der Waals surface area contributed by atoms with Gasteiger partial charge in [0.15, 0.2) is 0 Å². The molecular weight excluding hydrogens is 224 g/mol. The van der Waals surface area contributed by atoms with E-state index in [1.807, 2.05) is 0 Å². The van der Waals surface area contributed by atoms with Crippen molar-refractivity contribution >= 4 is 5.69 Å². The van der Waals surface area contributed by atoms with Crippen LogP contribution in [0.2, 0.25) is 0 Å². The highest BCUT2D eigenvalue weighted by Gasteiger charge is 2.35. The van der Waals surface area contributed by atoms with Crippen LogP contribution in [0.15, 0.2) is 18.2 Å². The van der Waals surface area contributed by atoms with E-state index in [4.69, 9.17) is 0 Å². The van der Waals surface area contributed by atoms with E-state index in [0.717, 1.165) is 25.9 Å². The largest absolute Gasteiger partial charge is 0.394 e. The monoisotopic (exact) mass is 246 g/mol. The van der Waals surface area contributed by atoms with Crippen LogP contribution in [0.4, 0.5) is 5.69 Å². The fourth-order valence-electron chi connectivity index (χ4n) is 3.01. The topological polar surface area (TPSA) is 44.3 Å². The number of nitrogens with one attached hydrogen (secondary N) is 2. The molecule has 0 unspecified atom stereocenters. The number of hydrogen-bond acceptors (Lipinski definition) is 3. The molecule has 1 aromatic rings. The van der Waals surface area contributed by atoms with Crippen LogP contribution in [0.25, 0.3) is 0 Å². The summed E-state index contributed by atoms with van der Waals surface area (Å²) in [4.78, 5) is 0. The van der Waals surface area contributed by atoms with Crippen LogP contribution >= 0.6 is 0 Å². The molecular formula is C15H22N2O. The highest BCUT2D eigenvalue weighted by atomic mass is 16.3. The van der Waals surface area contributed by atoms with E-state index in [1.165, 1.54) is 36.1 Å². The number of benzene rings is 1. The van der Waals surface area contributed by atoms with Crippen molar-refractivity contribution in [1.29, 1.82) is 0 Å². The van der Waals surface area contributed by atoms with Crippen LogP contribution in [-0.4, -0.2) is 23.8 Å². The van der Waals surface area contributed by atoms with Gasteiger partial charge in [0.05, 0.1) is 6.61 Å². The van der Waals surface area contributed by atoms with Crippen molar-refractivity contribution in [2.45, 2.75) is 44.2 Å². The van der Waals surface area contributed by atoms with Crippen molar-refractivity contribution in [3.63, 3.8) is 0 Å². The minimum absolute atomic E-state index is 0.00259. The second-order valence-electron chi connectivity index (χ2n) is 5.63. The Kier molecular flexibility index (Phi) is 3.27. The van der Waals surface area contributed by atoms with E-state index in [0.29, 0.717) is 0 Å². The SMILES string of the molecule is OCC1(NCc2cccc3c2NCCC3)CCC1. The maximum absolute atomic E-state index is 9.47. The van der Waals surface area contributed by atoms with Gasteiger partial charge in [0.2, 0.25) is 0 Å². The number of aliphatic hydroxyl groups is 1. The number of rotatable bonds is 4. The van der Waals surface area contributed by atoms with Gasteiger partial charge in [-0.2, -0.15) is 0 Å². The Balaban J connectivity index is 1.72. The maximum atomic E-state index is 9.47. The van der Waals surface area contributed by atoms with Crippen molar-refractivity contribution in [1.82, 2.24) is 5.32 Å². The predicted molar refractivity (Wildman–Crippen MR) is 73.8 cm³/mol. The van der Waals surface area contributed by atoms with Crippen molar-refractivity contribution in [3.05, 3.63) is 29.3 Å². The molecule has 3 nitrogen and oxygen atoms in total. The van der Waals surface area contributed by atoms with Crippen LogP contribution < -0.4 is 10.6 Å². The van der Waals surface area contributed by atoms with Crippen LogP contribution in [0.3, 0.4) is 0 Å². The van der Waals surface area contributed by atoms with E-state index >= 15 is 0 Å². The van der Waals surface area contributed by atoms with Crippen molar-refractivity contribution < 1.29 is 5.11 Å². The molecule has 0 spiro atoms. The Morgan fingerprint density at radius 1 is 1.28 bits per heavy atom. The van der Waals surface area contributed by atoms with Crippen LogP contribution in [0, 0.1) is 0 Å². The number of anilines is 1. The quantitative estimate of drug-likeness (QED) is 0.762. The molecule has 3 N–H and O–H groups in total. The van der Waals surface area contributed by atoms with Crippen LogP contribution in [0.5, 0.6) is 0 Å². The number of aliphatic hydroxyl groups excluding tert-OH is 1. The van der Waals surface area contributed by atoms with Crippen molar-refractivity contribution in [2.75, 3.05) is 18.5 Å². The standard InChI is InChI=1S/C15H22N2O/c18-11-15(7-3-8-15)17-10-13-5-1-4-12-6-2-9-16-14(12)13/h1,4-5,16-18H,2-3,6-11H2. The Hall–Kier alpha value is -1.06. The first-order valence-corrected chi connectivity index (χ1v) is 7.04. The lowest BCUT2D eigenvalue weighted by Crippen LogP contribution is -2.53.